The number of carbonyl (C=O) groups excluding carboxylic acids is 1. The van der Waals surface area contributed by atoms with E-state index in [2.05, 4.69) is 5.32 Å². The van der Waals surface area contributed by atoms with Gasteiger partial charge >= 0.3 is 0 Å². The molecule has 30 heavy (non-hydrogen) atoms. The lowest BCUT2D eigenvalue weighted by atomic mass is 10.1. The maximum atomic E-state index is 13.8. The fraction of sp³-hybridized carbons (Fsp3) is 0.381. The Bertz CT molecular complexity index is 1070. The summed E-state index contributed by atoms with van der Waals surface area (Å²) in [5.41, 5.74) is 2.39. The first-order valence-corrected chi connectivity index (χ1v) is 11.7. The topological polar surface area (TPSA) is 69.7 Å². The summed E-state index contributed by atoms with van der Waals surface area (Å²) < 4.78 is 41.2. The van der Waals surface area contributed by atoms with Crippen LogP contribution in [0.2, 0.25) is 5.02 Å². The van der Waals surface area contributed by atoms with Crippen LogP contribution in [0.3, 0.4) is 0 Å². The molecule has 6 nitrogen and oxygen atoms in total. The molecule has 0 saturated carbocycles. The largest absolute Gasteiger partial charge is 0.322 e. The van der Waals surface area contributed by atoms with Crippen LogP contribution in [0, 0.1) is 5.82 Å². The zero-order valence-corrected chi connectivity index (χ0v) is 18.0. The molecular weight excluding hydrogens is 429 g/mol. The van der Waals surface area contributed by atoms with Crippen molar-refractivity contribution < 1.29 is 17.6 Å². The van der Waals surface area contributed by atoms with E-state index in [0.29, 0.717) is 36.1 Å². The van der Waals surface area contributed by atoms with Gasteiger partial charge in [0.2, 0.25) is 15.9 Å². The maximum absolute atomic E-state index is 13.8. The number of carbonyl (C=O) groups is 1. The van der Waals surface area contributed by atoms with Crippen molar-refractivity contribution in [1.29, 1.82) is 0 Å². The first kappa shape index (κ1) is 21.2. The number of hydrogen-bond donors (Lipinski definition) is 1. The highest BCUT2D eigenvalue weighted by atomic mass is 35.5. The molecule has 1 amide bonds. The molecule has 2 aromatic carbocycles. The summed E-state index contributed by atoms with van der Waals surface area (Å²) in [7, 11) is -3.55. The molecule has 9 heteroatoms. The smallest absolute Gasteiger partial charge is 0.243 e. The van der Waals surface area contributed by atoms with Gasteiger partial charge in [0.25, 0.3) is 0 Å². The van der Waals surface area contributed by atoms with E-state index in [-0.39, 0.29) is 18.1 Å². The molecule has 0 unspecified atom stereocenters. The number of halogens is 2. The fourth-order valence-electron chi connectivity index (χ4n) is 3.97. The van der Waals surface area contributed by atoms with Crippen LogP contribution in [0.5, 0.6) is 0 Å². The Labute approximate surface area is 180 Å². The van der Waals surface area contributed by atoms with Gasteiger partial charge in [-0.1, -0.05) is 17.7 Å². The molecule has 1 aliphatic carbocycles. The van der Waals surface area contributed by atoms with Gasteiger partial charge in [-0.25, -0.2) is 12.8 Å². The van der Waals surface area contributed by atoms with Gasteiger partial charge in [-0.2, -0.15) is 4.31 Å². The second-order valence-corrected chi connectivity index (χ2v) is 10.0. The van der Waals surface area contributed by atoms with E-state index in [4.69, 9.17) is 11.6 Å². The molecular formula is C21H23ClFN3O3S. The zero-order chi connectivity index (χ0) is 21.3. The molecule has 0 aromatic heterocycles. The standard InChI is InChI=1S/C21H23ClFN3O3S/c22-17-5-7-19(23)20(13-17)24-21(27)14-25-8-10-26(11-9-25)30(28,29)18-6-4-15-2-1-3-16(15)12-18/h4-7,12-13H,1-3,8-11,14H2,(H,24,27). The molecule has 1 saturated heterocycles. The number of aryl methyl sites for hydroxylation is 2. The van der Waals surface area contributed by atoms with Crippen molar-refractivity contribution in [2.24, 2.45) is 0 Å². The predicted molar refractivity (Wildman–Crippen MR) is 114 cm³/mol. The first-order valence-electron chi connectivity index (χ1n) is 9.92. The number of piperazine rings is 1. The highest BCUT2D eigenvalue weighted by Gasteiger charge is 2.30. The Morgan fingerprint density at radius 3 is 2.53 bits per heavy atom. The quantitative estimate of drug-likeness (QED) is 0.758. The molecule has 1 heterocycles. The maximum Gasteiger partial charge on any atom is 0.243 e. The number of rotatable bonds is 5. The van der Waals surface area contributed by atoms with Crippen LogP contribution in [0.1, 0.15) is 17.5 Å². The van der Waals surface area contributed by atoms with Crippen LogP contribution < -0.4 is 5.32 Å². The van der Waals surface area contributed by atoms with Gasteiger partial charge in [0, 0.05) is 31.2 Å². The van der Waals surface area contributed by atoms with Crippen LogP contribution in [-0.4, -0.2) is 56.3 Å². The van der Waals surface area contributed by atoms with Crippen molar-refractivity contribution in [2.45, 2.75) is 24.2 Å². The van der Waals surface area contributed by atoms with Crippen molar-refractivity contribution in [2.75, 3.05) is 38.0 Å². The van der Waals surface area contributed by atoms with E-state index in [9.17, 15) is 17.6 Å². The van der Waals surface area contributed by atoms with Gasteiger partial charge in [-0.3, -0.25) is 9.69 Å². The SMILES string of the molecule is O=C(CN1CCN(S(=O)(=O)c2ccc3c(c2)CCC3)CC1)Nc1cc(Cl)ccc1F. The van der Waals surface area contributed by atoms with Crippen LogP contribution in [0.25, 0.3) is 0 Å². The number of benzene rings is 2. The third-order valence-corrected chi connectivity index (χ3v) is 7.74. The van der Waals surface area contributed by atoms with Gasteiger partial charge in [-0.05, 0) is 60.7 Å². The molecule has 160 valence electrons. The molecule has 0 spiro atoms. The van der Waals surface area contributed by atoms with Crippen molar-refractivity contribution in [3.63, 3.8) is 0 Å². The molecule has 0 atom stereocenters. The predicted octanol–water partition coefficient (Wildman–Crippen LogP) is 2.91. The highest BCUT2D eigenvalue weighted by molar-refractivity contribution is 7.89. The van der Waals surface area contributed by atoms with E-state index in [1.54, 1.807) is 12.1 Å². The third-order valence-electron chi connectivity index (χ3n) is 5.61. The molecule has 4 rings (SSSR count). The summed E-state index contributed by atoms with van der Waals surface area (Å²) in [6, 6.07) is 9.38. The van der Waals surface area contributed by atoms with Crippen molar-refractivity contribution in [1.82, 2.24) is 9.21 Å². The minimum absolute atomic E-state index is 0.0327. The van der Waals surface area contributed by atoms with Crippen molar-refractivity contribution in [3.8, 4) is 0 Å². The summed E-state index contributed by atoms with van der Waals surface area (Å²) >= 11 is 5.84. The van der Waals surface area contributed by atoms with Crippen molar-refractivity contribution >= 4 is 33.2 Å². The Morgan fingerprint density at radius 2 is 1.77 bits per heavy atom. The Kier molecular flexibility index (Phi) is 6.11. The van der Waals surface area contributed by atoms with Gasteiger partial charge in [0.15, 0.2) is 0 Å². The van der Waals surface area contributed by atoms with Gasteiger partial charge in [0.1, 0.15) is 5.82 Å². The van der Waals surface area contributed by atoms with Crippen molar-refractivity contribution in [3.05, 3.63) is 58.4 Å². The summed E-state index contributed by atoms with van der Waals surface area (Å²) in [6.45, 7) is 1.51. The molecule has 0 radical (unpaired) electrons. The Morgan fingerprint density at radius 1 is 1.03 bits per heavy atom. The number of sulfonamides is 1. The molecule has 1 fully saturated rings. The summed E-state index contributed by atoms with van der Waals surface area (Å²) in [5, 5.41) is 2.85. The fourth-order valence-corrected chi connectivity index (χ4v) is 5.62. The van der Waals surface area contributed by atoms with E-state index >= 15 is 0 Å². The van der Waals surface area contributed by atoms with Gasteiger partial charge < -0.3 is 5.32 Å². The summed E-state index contributed by atoms with van der Waals surface area (Å²) in [6.07, 6.45) is 3.00. The van der Waals surface area contributed by atoms with Crippen LogP contribution in [0.15, 0.2) is 41.3 Å². The normalized spacial score (nSPS) is 17.7. The van der Waals surface area contributed by atoms with Gasteiger partial charge in [0.05, 0.1) is 17.1 Å². The average molecular weight is 452 g/mol. The summed E-state index contributed by atoms with van der Waals surface area (Å²) in [5.74, 6) is -0.927. The molecule has 0 bridgehead atoms. The van der Waals surface area contributed by atoms with E-state index < -0.39 is 15.8 Å². The average Bonchev–Trinajstić information content (AvgIpc) is 3.19. The second kappa shape index (κ2) is 8.63. The summed E-state index contributed by atoms with van der Waals surface area (Å²) in [4.78, 5) is 14.5. The lowest BCUT2D eigenvalue weighted by molar-refractivity contribution is -0.117. The molecule has 2 aromatic rings. The number of nitrogens with one attached hydrogen (secondary N) is 1. The lowest BCUT2D eigenvalue weighted by Crippen LogP contribution is -2.50. The minimum atomic E-state index is -3.55. The molecule has 2 aliphatic rings. The van der Waals surface area contributed by atoms with Gasteiger partial charge in [-0.15, -0.1) is 0 Å². The number of amides is 1. The van der Waals surface area contributed by atoms with Crippen LogP contribution in [-0.2, 0) is 27.7 Å². The first-order chi connectivity index (χ1) is 14.3. The number of anilines is 1. The number of fused-ring (bicyclic) bond motifs is 1. The Hall–Kier alpha value is -2.00. The van der Waals surface area contributed by atoms with E-state index in [1.807, 2.05) is 11.0 Å². The molecule has 1 aliphatic heterocycles. The highest BCUT2D eigenvalue weighted by Crippen LogP contribution is 2.27. The van der Waals surface area contributed by atoms with E-state index in [0.717, 1.165) is 24.8 Å². The lowest BCUT2D eigenvalue weighted by Gasteiger charge is -2.33. The molecule has 1 N–H and O–H groups in total. The second-order valence-electron chi connectivity index (χ2n) is 7.64. The number of nitrogens with zero attached hydrogens (tertiary/aromatic N) is 2. The monoisotopic (exact) mass is 451 g/mol. The zero-order valence-electron chi connectivity index (χ0n) is 16.4. The number of hydrogen-bond acceptors (Lipinski definition) is 4. The minimum Gasteiger partial charge on any atom is -0.322 e. The van der Waals surface area contributed by atoms with Crippen LogP contribution in [0.4, 0.5) is 10.1 Å². The van der Waals surface area contributed by atoms with E-state index in [1.165, 1.54) is 28.1 Å². The Balaban J connectivity index is 1.34. The van der Waals surface area contributed by atoms with Crippen LogP contribution >= 0.6 is 11.6 Å². The third kappa shape index (κ3) is 4.51.